The van der Waals surface area contributed by atoms with Crippen LogP contribution < -0.4 is 24.4 Å². The number of nitrogens with one attached hydrogen (secondary N) is 1. The van der Waals surface area contributed by atoms with E-state index in [2.05, 4.69) is 20.2 Å². The highest BCUT2D eigenvalue weighted by atomic mass is 16.5. The number of hydrogen-bond donors (Lipinski definition) is 1. The Balaban J connectivity index is 1.80. The van der Waals surface area contributed by atoms with Crippen molar-refractivity contribution >= 4 is 17.5 Å². The van der Waals surface area contributed by atoms with E-state index in [1.165, 1.54) is 34.2 Å². The van der Waals surface area contributed by atoms with Gasteiger partial charge < -0.3 is 24.4 Å². The summed E-state index contributed by atoms with van der Waals surface area (Å²) in [5, 5.41) is 2.84. The number of methoxy groups -OCH3 is 3. The Bertz CT molecular complexity index is 795. The molecule has 0 bridgehead atoms. The maximum absolute atomic E-state index is 12.7. The van der Waals surface area contributed by atoms with Gasteiger partial charge in [0.2, 0.25) is 11.7 Å². The first-order chi connectivity index (χ1) is 13.7. The molecule has 150 valence electrons. The van der Waals surface area contributed by atoms with Crippen LogP contribution in [-0.4, -0.2) is 50.3 Å². The molecule has 8 nitrogen and oxygen atoms in total. The molecule has 28 heavy (non-hydrogen) atoms. The summed E-state index contributed by atoms with van der Waals surface area (Å²) in [6, 6.07) is 4.96. The van der Waals surface area contributed by atoms with Crippen LogP contribution in [-0.2, 0) is 0 Å². The maximum Gasteiger partial charge on any atom is 0.274 e. The number of anilines is 2. The third-order valence-electron chi connectivity index (χ3n) is 4.69. The lowest BCUT2D eigenvalue weighted by atomic mass is 10.2. The highest BCUT2D eigenvalue weighted by Crippen LogP contribution is 2.40. The van der Waals surface area contributed by atoms with E-state index in [1.807, 2.05) is 0 Å². The van der Waals surface area contributed by atoms with Crippen molar-refractivity contribution in [2.75, 3.05) is 44.6 Å². The summed E-state index contributed by atoms with van der Waals surface area (Å²) in [5.41, 5.74) is 0.831. The third-order valence-corrected chi connectivity index (χ3v) is 4.69. The summed E-state index contributed by atoms with van der Waals surface area (Å²) in [6.45, 7) is 1.83. The van der Waals surface area contributed by atoms with Crippen molar-refractivity contribution in [1.29, 1.82) is 0 Å². The molecule has 0 atom stereocenters. The van der Waals surface area contributed by atoms with Gasteiger partial charge in [0.05, 0.1) is 21.3 Å². The molecule has 1 amide bonds. The molecule has 0 spiro atoms. The van der Waals surface area contributed by atoms with E-state index in [0.29, 0.717) is 34.6 Å². The van der Waals surface area contributed by atoms with Gasteiger partial charge in [-0.15, -0.1) is 0 Å². The fourth-order valence-electron chi connectivity index (χ4n) is 3.25. The lowest BCUT2D eigenvalue weighted by Gasteiger charge is -2.20. The first kappa shape index (κ1) is 19.7. The van der Waals surface area contributed by atoms with Gasteiger partial charge in [0.15, 0.2) is 11.5 Å². The number of amides is 1. The topological polar surface area (TPSA) is 85.8 Å². The van der Waals surface area contributed by atoms with E-state index in [-0.39, 0.29) is 5.91 Å². The van der Waals surface area contributed by atoms with Gasteiger partial charge in [-0.25, -0.2) is 9.97 Å². The average Bonchev–Trinajstić information content (AvgIpc) is 3.02. The quantitative estimate of drug-likeness (QED) is 0.816. The van der Waals surface area contributed by atoms with Crippen LogP contribution in [0, 0.1) is 0 Å². The molecule has 2 heterocycles. The van der Waals surface area contributed by atoms with E-state index in [1.54, 1.807) is 24.4 Å². The second-order valence-corrected chi connectivity index (χ2v) is 6.51. The SMILES string of the molecule is COc1cc(NC(=O)c2ccnc(N3CCCCCC3)n2)cc(OC)c1OC. The van der Waals surface area contributed by atoms with Gasteiger partial charge in [0, 0.05) is 37.1 Å². The number of nitrogens with zero attached hydrogens (tertiary/aromatic N) is 3. The third kappa shape index (κ3) is 4.44. The summed E-state index contributed by atoms with van der Waals surface area (Å²) in [6.07, 6.45) is 6.30. The lowest BCUT2D eigenvalue weighted by molar-refractivity contribution is 0.102. The minimum atomic E-state index is -0.326. The molecule has 1 saturated heterocycles. The molecule has 0 radical (unpaired) electrons. The second kappa shape index (κ2) is 9.25. The Hall–Kier alpha value is -3.03. The van der Waals surface area contributed by atoms with Gasteiger partial charge in [0.1, 0.15) is 5.69 Å². The van der Waals surface area contributed by atoms with E-state index in [9.17, 15) is 4.79 Å². The largest absolute Gasteiger partial charge is 0.493 e. The predicted octanol–water partition coefficient (Wildman–Crippen LogP) is 3.14. The van der Waals surface area contributed by atoms with Crippen LogP contribution in [0.2, 0.25) is 0 Å². The lowest BCUT2D eigenvalue weighted by Crippen LogP contribution is -2.27. The number of aromatic nitrogens is 2. The summed E-state index contributed by atoms with van der Waals surface area (Å²) < 4.78 is 16.0. The molecule has 0 unspecified atom stereocenters. The number of rotatable bonds is 6. The average molecular weight is 386 g/mol. The standard InChI is InChI=1S/C20H26N4O4/c1-26-16-12-14(13-17(27-2)18(16)28-3)22-19(25)15-8-9-21-20(23-15)24-10-6-4-5-7-11-24/h8-9,12-13H,4-7,10-11H2,1-3H3,(H,22,25). The predicted molar refractivity (Wildman–Crippen MR) is 107 cm³/mol. The Morgan fingerprint density at radius 1 is 1.00 bits per heavy atom. The fourth-order valence-corrected chi connectivity index (χ4v) is 3.25. The summed E-state index contributed by atoms with van der Waals surface area (Å²) in [5.74, 6) is 1.66. The van der Waals surface area contributed by atoms with E-state index < -0.39 is 0 Å². The Morgan fingerprint density at radius 3 is 2.21 bits per heavy atom. The Kier molecular flexibility index (Phi) is 6.52. The number of hydrogen-bond acceptors (Lipinski definition) is 7. The van der Waals surface area contributed by atoms with Crippen LogP contribution in [0.25, 0.3) is 0 Å². The van der Waals surface area contributed by atoms with E-state index in [0.717, 1.165) is 25.9 Å². The molecule has 1 aromatic carbocycles. The van der Waals surface area contributed by atoms with Gasteiger partial charge >= 0.3 is 0 Å². The zero-order valence-corrected chi connectivity index (χ0v) is 16.5. The van der Waals surface area contributed by atoms with Crippen molar-refractivity contribution in [3.8, 4) is 17.2 Å². The normalized spacial score (nSPS) is 14.2. The minimum Gasteiger partial charge on any atom is -0.493 e. The van der Waals surface area contributed by atoms with Crippen LogP contribution in [0.4, 0.5) is 11.6 Å². The van der Waals surface area contributed by atoms with Crippen LogP contribution >= 0.6 is 0 Å². The molecule has 0 saturated carbocycles. The van der Waals surface area contributed by atoms with Crippen LogP contribution in [0.5, 0.6) is 17.2 Å². The van der Waals surface area contributed by atoms with Crippen molar-refractivity contribution in [2.45, 2.75) is 25.7 Å². The van der Waals surface area contributed by atoms with Crippen LogP contribution in [0.3, 0.4) is 0 Å². The molecule has 0 aliphatic carbocycles. The van der Waals surface area contributed by atoms with Crippen molar-refractivity contribution in [3.05, 3.63) is 30.1 Å². The fraction of sp³-hybridized carbons (Fsp3) is 0.450. The molecule has 8 heteroatoms. The highest BCUT2D eigenvalue weighted by Gasteiger charge is 2.18. The first-order valence-corrected chi connectivity index (χ1v) is 9.35. The number of carbonyl (C=O) groups excluding carboxylic acids is 1. The van der Waals surface area contributed by atoms with Crippen molar-refractivity contribution in [3.63, 3.8) is 0 Å². The molecular formula is C20H26N4O4. The van der Waals surface area contributed by atoms with Gasteiger partial charge in [0.25, 0.3) is 5.91 Å². The van der Waals surface area contributed by atoms with Gasteiger partial charge in [-0.2, -0.15) is 0 Å². The van der Waals surface area contributed by atoms with E-state index >= 15 is 0 Å². The molecular weight excluding hydrogens is 360 g/mol. The van der Waals surface area contributed by atoms with Crippen molar-refractivity contribution in [1.82, 2.24) is 9.97 Å². The molecule has 1 N–H and O–H groups in total. The maximum atomic E-state index is 12.7. The molecule has 1 fully saturated rings. The zero-order valence-electron chi connectivity index (χ0n) is 16.5. The number of carbonyl (C=O) groups is 1. The number of benzene rings is 1. The summed E-state index contributed by atoms with van der Waals surface area (Å²) in [7, 11) is 4.59. The minimum absolute atomic E-state index is 0.308. The van der Waals surface area contributed by atoms with Crippen LogP contribution in [0.1, 0.15) is 36.2 Å². The van der Waals surface area contributed by atoms with Gasteiger partial charge in [-0.1, -0.05) is 12.8 Å². The summed E-state index contributed by atoms with van der Waals surface area (Å²) >= 11 is 0. The zero-order chi connectivity index (χ0) is 19.9. The molecule has 1 aliphatic rings. The Morgan fingerprint density at radius 2 is 1.64 bits per heavy atom. The van der Waals surface area contributed by atoms with Gasteiger partial charge in [-0.05, 0) is 18.9 Å². The molecule has 2 aromatic rings. The molecule has 1 aromatic heterocycles. The van der Waals surface area contributed by atoms with E-state index in [4.69, 9.17) is 14.2 Å². The Labute approximate surface area is 164 Å². The molecule has 1 aliphatic heterocycles. The monoisotopic (exact) mass is 386 g/mol. The van der Waals surface area contributed by atoms with Crippen molar-refractivity contribution < 1.29 is 19.0 Å². The number of ether oxygens (including phenoxy) is 3. The second-order valence-electron chi connectivity index (χ2n) is 6.51. The molecule has 3 rings (SSSR count). The highest BCUT2D eigenvalue weighted by molar-refractivity contribution is 6.03. The smallest absolute Gasteiger partial charge is 0.274 e. The first-order valence-electron chi connectivity index (χ1n) is 9.35. The summed E-state index contributed by atoms with van der Waals surface area (Å²) in [4.78, 5) is 23.7. The van der Waals surface area contributed by atoms with Crippen LogP contribution in [0.15, 0.2) is 24.4 Å². The van der Waals surface area contributed by atoms with Crippen molar-refractivity contribution in [2.24, 2.45) is 0 Å². The van der Waals surface area contributed by atoms with Gasteiger partial charge in [-0.3, -0.25) is 4.79 Å².